The molecule has 0 aromatic heterocycles. The molecule has 0 spiro atoms. The maximum atomic E-state index is 3.69. The summed E-state index contributed by atoms with van der Waals surface area (Å²) in [6.45, 7) is 11.6. The zero-order valence-corrected chi connectivity index (χ0v) is 12.8. The number of piperazine rings is 1. The number of rotatable bonds is 4. The van der Waals surface area contributed by atoms with Crippen LogP contribution in [0.2, 0.25) is 0 Å². The van der Waals surface area contributed by atoms with E-state index in [1.54, 1.807) is 0 Å². The highest BCUT2D eigenvalue weighted by Gasteiger charge is 2.30. The molecule has 1 aromatic rings. The average Bonchev–Trinajstić information content (AvgIpc) is 2.47. The molecule has 1 aromatic carbocycles. The van der Waals surface area contributed by atoms with Crippen molar-refractivity contribution in [2.24, 2.45) is 5.92 Å². The van der Waals surface area contributed by atoms with Crippen LogP contribution < -0.4 is 5.32 Å². The van der Waals surface area contributed by atoms with Gasteiger partial charge in [-0.3, -0.25) is 4.90 Å². The molecule has 4 unspecified atom stereocenters. The molecule has 1 saturated heterocycles. The third kappa shape index (κ3) is 3.37. The first-order valence-corrected chi connectivity index (χ1v) is 7.67. The Morgan fingerprint density at radius 3 is 2.58 bits per heavy atom. The van der Waals surface area contributed by atoms with Crippen molar-refractivity contribution in [3.8, 4) is 0 Å². The Kier molecular flexibility index (Phi) is 5.00. The normalized spacial score (nSPS) is 28.0. The standard InChI is InChI=1S/C17H28N2/c1-5-13(2)15(4)19-12-17(18-11-14(19)3)16-9-7-6-8-10-16/h6-10,13-15,17-18H,5,11-12H2,1-4H3. The fraction of sp³-hybridized carbons (Fsp3) is 0.647. The molecule has 1 aliphatic rings. The summed E-state index contributed by atoms with van der Waals surface area (Å²) in [6.07, 6.45) is 1.26. The Morgan fingerprint density at radius 1 is 1.26 bits per heavy atom. The van der Waals surface area contributed by atoms with Crippen molar-refractivity contribution >= 4 is 0 Å². The Labute approximate surface area is 118 Å². The Hall–Kier alpha value is -0.860. The van der Waals surface area contributed by atoms with Gasteiger partial charge in [0.05, 0.1) is 0 Å². The van der Waals surface area contributed by atoms with E-state index in [0.29, 0.717) is 18.1 Å². The fourth-order valence-electron chi connectivity index (χ4n) is 3.03. The molecule has 0 saturated carbocycles. The lowest BCUT2D eigenvalue weighted by Gasteiger charge is -2.44. The van der Waals surface area contributed by atoms with Crippen molar-refractivity contribution in [1.29, 1.82) is 0 Å². The molecule has 4 atom stereocenters. The van der Waals surface area contributed by atoms with Gasteiger partial charge in [-0.2, -0.15) is 0 Å². The highest BCUT2D eigenvalue weighted by Crippen LogP contribution is 2.25. The zero-order chi connectivity index (χ0) is 13.8. The number of hydrogen-bond donors (Lipinski definition) is 1. The molecule has 1 heterocycles. The number of nitrogens with zero attached hydrogens (tertiary/aromatic N) is 1. The maximum Gasteiger partial charge on any atom is 0.0450 e. The number of benzene rings is 1. The molecule has 0 radical (unpaired) electrons. The largest absolute Gasteiger partial charge is 0.307 e. The second-order valence-corrected chi connectivity index (χ2v) is 6.04. The summed E-state index contributed by atoms with van der Waals surface area (Å²) in [5.74, 6) is 0.761. The average molecular weight is 260 g/mol. The molecule has 1 aliphatic heterocycles. The lowest BCUT2D eigenvalue weighted by atomic mass is 9.94. The van der Waals surface area contributed by atoms with E-state index in [1.807, 2.05) is 0 Å². The van der Waals surface area contributed by atoms with Gasteiger partial charge in [0.15, 0.2) is 0 Å². The van der Waals surface area contributed by atoms with Crippen LogP contribution >= 0.6 is 0 Å². The second kappa shape index (κ2) is 6.53. The van der Waals surface area contributed by atoms with Crippen LogP contribution in [-0.2, 0) is 0 Å². The van der Waals surface area contributed by atoms with E-state index in [0.717, 1.165) is 19.0 Å². The predicted octanol–water partition coefficient (Wildman–Crippen LogP) is 3.46. The van der Waals surface area contributed by atoms with Gasteiger partial charge in [0.1, 0.15) is 0 Å². The van der Waals surface area contributed by atoms with Gasteiger partial charge in [0.25, 0.3) is 0 Å². The highest BCUT2D eigenvalue weighted by atomic mass is 15.2. The van der Waals surface area contributed by atoms with Gasteiger partial charge in [-0.15, -0.1) is 0 Å². The van der Waals surface area contributed by atoms with Crippen LogP contribution in [0.3, 0.4) is 0 Å². The third-order valence-corrected chi connectivity index (χ3v) is 4.81. The van der Waals surface area contributed by atoms with Crippen molar-refractivity contribution in [3.05, 3.63) is 35.9 Å². The number of hydrogen-bond acceptors (Lipinski definition) is 2. The lowest BCUT2D eigenvalue weighted by Crippen LogP contribution is -2.55. The molecule has 0 aliphatic carbocycles. The van der Waals surface area contributed by atoms with E-state index in [1.165, 1.54) is 12.0 Å². The van der Waals surface area contributed by atoms with Gasteiger partial charge < -0.3 is 5.32 Å². The lowest BCUT2D eigenvalue weighted by molar-refractivity contribution is 0.0708. The van der Waals surface area contributed by atoms with E-state index >= 15 is 0 Å². The summed E-state index contributed by atoms with van der Waals surface area (Å²) < 4.78 is 0. The van der Waals surface area contributed by atoms with Crippen molar-refractivity contribution < 1.29 is 0 Å². The maximum absolute atomic E-state index is 3.69. The molecule has 1 fully saturated rings. The molecular weight excluding hydrogens is 232 g/mol. The first-order valence-electron chi connectivity index (χ1n) is 7.67. The molecule has 0 amide bonds. The highest BCUT2D eigenvalue weighted by molar-refractivity contribution is 5.20. The van der Waals surface area contributed by atoms with Crippen molar-refractivity contribution in [2.45, 2.75) is 52.2 Å². The fourth-order valence-corrected chi connectivity index (χ4v) is 3.03. The van der Waals surface area contributed by atoms with Crippen molar-refractivity contribution in [3.63, 3.8) is 0 Å². The Balaban J connectivity index is 2.08. The van der Waals surface area contributed by atoms with Crippen molar-refractivity contribution in [2.75, 3.05) is 13.1 Å². The minimum Gasteiger partial charge on any atom is -0.307 e. The van der Waals surface area contributed by atoms with E-state index < -0.39 is 0 Å². The minimum atomic E-state index is 0.476. The van der Waals surface area contributed by atoms with E-state index in [4.69, 9.17) is 0 Å². The van der Waals surface area contributed by atoms with E-state index in [9.17, 15) is 0 Å². The van der Waals surface area contributed by atoms with Crippen LogP contribution in [0.5, 0.6) is 0 Å². The minimum absolute atomic E-state index is 0.476. The van der Waals surface area contributed by atoms with Crippen LogP contribution in [0.25, 0.3) is 0 Å². The van der Waals surface area contributed by atoms with Crippen molar-refractivity contribution in [1.82, 2.24) is 10.2 Å². The number of nitrogens with one attached hydrogen (secondary N) is 1. The molecule has 2 rings (SSSR count). The first-order chi connectivity index (χ1) is 9.13. The van der Waals surface area contributed by atoms with Gasteiger partial charge in [-0.1, -0.05) is 50.6 Å². The Bertz CT molecular complexity index is 376. The Morgan fingerprint density at radius 2 is 1.95 bits per heavy atom. The topological polar surface area (TPSA) is 15.3 Å². The summed E-state index contributed by atoms with van der Waals surface area (Å²) in [5, 5.41) is 3.69. The van der Waals surface area contributed by atoms with Crippen LogP contribution in [0, 0.1) is 5.92 Å². The van der Waals surface area contributed by atoms with E-state index in [2.05, 4.69) is 68.2 Å². The van der Waals surface area contributed by atoms with Crippen LogP contribution in [0.15, 0.2) is 30.3 Å². The van der Waals surface area contributed by atoms with Gasteiger partial charge in [-0.05, 0) is 25.3 Å². The van der Waals surface area contributed by atoms with Crippen LogP contribution in [0.4, 0.5) is 0 Å². The molecule has 1 N–H and O–H groups in total. The monoisotopic (exact) mass is 260 g/mol. The molecule has 106 valence electrons. The summed E-state index contributed by atoms with van der Waals surface area (Å²) in [6, 6.07) is 12.6. The first kappa shape index (κ1) is 14.5. The second-order valence-electron chi connectivity index (χ2n) is 6.04. The van der Waals surface area contributed by atoms with E-state index in [-0.39, 0.29) is 0 Å². The SMILES string of the molecule is CCC(C)C(C)N1CC(c2ccccc2)NCC1C. The third-order valence-electron chi connectivity index (χ3n) is 4.81. The molecule has 0 bridgehead atoms. The molecule has 19 heavy (non-hydrogen) atoms. The summed E-state index contributed by atoms with van der Waals surface area (Å²) in [5.41, 5.74) is 1.41. The van der Waals surface area contributed by atoms with Gasteiger partial charge in [0.2, 0.25) is 0 Å². The zero-order valence-electron chi connectivity index (χ0n) is 12.8. The molecule has 2 nitrogen and oxygen atoms in total. The van der Waals surface area contributed by atoms with Gasteiger partial charge >= 0.3 is 0 Å². The van der Waals surface area contributed by atoms with Crippen LogP contribution in [-0.4, -0.2) is 30.1 Å². The summed E-state index contributed by atoms with van der Waals surface area (Å²) in [4.78, 5) is 2.68. The smallest absolute Gasteiger partial charge is 0.0450 e. The van der Waals surface area contributed by atoms with Crippen LogP contribution in [0.1, 0.15) is 45.7 Å². The molecule has 2 heteroatoms. The summed E-state index contributed by atoms with van der Waals surface area (Å²) in [7, 11) is 0. The van der Waals surface area contributed by atoms with Gasteiger partial charge in [-0.25, -0.2) is 0 Å². The summed E-state index contributed by atoms with van der Waals surface area (Å²) >= 11 is 0. The molecular formula is C17H28N2. The predicted molar refractivity (Wildman–Crippen MR) is 82.3 cm³/mol. The van der Waals surface area contributed by atoms with Gasteiger partial charge in [0, 0.05) is 31.2 Å². The quantitative estimate of drug-likeness (QED) is 0.892.